The normalized spacial score (nSPS) is 21.9. The SMILES string of the molecule is Cn1c(C(Cl)c2ccc3c(c2)C2(CC(=O)NC2=O)C(=O)N3)nc2ccccc21. The van der Waals surface area contributed by atoms with Gasteiger partial charge in [-0.05, 0) is 23.8 Å². The lowest BCUT2D eigenvalue weighted by molar-refractivity contribution is -0.131. The number of nitrogens with zero attached hydrogens (tertiary/aromatic N) is 2. The van der Waals surface area contributed by atoms with E-state index in [1.165, 1.54) is 0 Å². The molecule has 1 aromatic heterocycles. The van der Waals surface area contributed by atoms with E-state index >= 15 is 0 Å². The molecule has 3 amide bonds. The van der Waals surface area contributed by atoms with E-state index in [9.17, 15) is 14.4 Å². The minimum Gasteiger partial charge on any atom is -0.330 e. The Balaban J connectivity index is 1.62. The van der Waals surface area contributed by atoms with Gasteiger partial charge in [0.2, 0.25) is 17.7 Å². The van der Waals surface area contributed by atoms with E-state index in [-0.39, 0.29) is 6.42 Å². The number of carbonyl (C=O) groups is 3. The standard InChI is InChI=1S/C20H15ClN4O3/c1-25-14-5-3-2-4-13(14)22-17(25)16(21)10-6-7-12-11(8-10)20(18(27)23-12)9-15(26)24-19(20)28/h2-8,16H,9H2,1H3,(H,23,27)(H,24,26,28). The van der Waals surface area contributed by atoms with E-state index in [1.807, 2.05) is 35.9 Å². The van der Waals surface area contributed by atoms with Crippen LogP contribution in [0.2, 0.25) is 0 Å². The number of aryl methyl sites for hydroxylation is 1. The number of fused-ring (bicyclic) bond motifs is 3. The van der Waals surface area contributed by atoms with Crippen LogP contribution in [-0.4, -0.2) is 27.3 Å². The Bertz CT molecular complexity index is 1200. The first kappa shape index (κ1) is 16.9. The molecular formula is C20H15ClN4O3. The Kier molecular flexibility index (Phi) is 3.42. The van der Waals surface area contributed by atoms with Gasteiger partial charge in [0.1, 0.15) is 11.2 Å². The van der Waals surface area contributed by atoms with Gasteiger partial charge in [0, 0.05) is 18.3 Å². The highest BCUT2D eigenvalue weighted by Crippen LogP contribution is 2.45. The topological polar surface area (TPSA) is 93.1 Å². The molecule has 0 bridgehead atoms. The van der Waals surface area contributed by atoms with Crippen LogP contribution in [0.15, 0.2) is 42.5 Å². The second kappa shape index (κ2) is 5.65. The maximum absolute atomic E-state index is 12.6. The summed E-state index contributed by atoms with van der Waals surface area (Å²) in [5.74, 6) is -0.895. The fraction of sp³-hybridized carbons (Fsp3) is 0.200. The number of aromatic nitrogens is 2. The van der Waals surface area contributed by atoms with Gasteiger partial charge in [-0.25, -0.2) is 4.98 Å². The maximum atomic E-state index is 12.6. The zero-order chi connectivity index (χ0) is 19.6. The Labute approximate surface area is 164 Å². The highest BCUT2D eigenvalue weighted by Gasteiger charge is 2.58. The minimum absolute atomic E-state index is 0.201. The molecule has 2 N–H and O–H groups in total. The number of imidazole rings is 1. The van der Waals surface area contributed by atoms with Crippen molar-refractivity contribution in [1.29, 1.82) is 0 Å². The molecule has 28 heavy (non-hydrogen) atoms. The molecule has 2 aliphatic heterocycles. The molecule has 1 spiro atoms. The van der Waals surface area contributed by atoms with Crippen LogP contribution in [0, 0.1) is 0 Å². The third-order valence-corrected chi connectivity index (χ3v) is 5.99. The molecule has 7 nitrogen and oxygen atoms in total. The van der Waals surface area contributed by atoms with Gasteiger partial charge in [-0.15, -0.1) is 11.6 Å². The number of hydrogen-bond acceptors (Lipinski definition) is 4. The fourth-order valence-electron chi connectivity index (χ4n) is 4.07. The Morgan fingerprint density at radius 3 is 2.57 bits per heavy atom. The summed E-state index contributed by atoms with van der Waals surface area (Å²) in [7, 11) is 1.89. The predicted octanol–water partition coefficient (Wildman–Crippen LogP) is 2.14. The summed E-state index contributed by atoms with van der Waals surface area (Å²) in [5.41, 5.74) is 1.96. The lowest BCUT2D eigenvalue weighted by Crippen LogP contribution is -2.41. The Hall–Kier alpha value is -3.19. The van der Waals surface area contributed by atoms with Crippen LogP contribution >= 0.6 is 11.6 Å². The van der Waals surface area contributed by atoms with Crippen LogP contribution in [0.5, 0.6) is 0 Å². The molecular weight excluding hydrogens is 380 g/mol. The van der Waals surface area contributed by atoms with Crippen LogP contribution < -0.4 is 10.6 Å². The quantitative estimate of drug-likeness (QED) is 0.395. The molecule has 5 rings (SSSR count). The lowest BCUT2D eigenvalue weighted by atomic mass is 9.79. The summed E-state index contributed by atoms with van der Waals surface area (Å²) in [6.45, 7) is 0. The van der Waals surface area contributed by atoms with Crippen molar-refractivity contribution in [3.8, 4) is 0 Å². The molecule has 0 saturated carbocycles. The van der Waals surface area contributed by atoms with Gasteiger partial charge in [0.15, 0.2) is 5.41 Å². The number of para-hydroxylation sites is 2. The lowest BCUT2D eigenvalue weighted by Gasteiger charge is -2.18. The molecule has 1 fully saturated rings. The van der Waals surface area contributed by atoms with E-state index in [0.717, 1.165) is 11.0 Å². The number of nitrogens with one attached hydrogen (secondary N) is 2. The molecule has 0 aliphatic carbocycles. The molecule has 1 saturated heterocycles. The number of amides is 3. The van der Waals surface area contributed by atoms with Crippen LogP contribution in [-0.2, 0) is 26.8 Å². The summed E-state index contributed by atoms with van der Waals surface area (Å²) >= 11 is 6.75. The largest absolute Gasteiger partial charge is 0.330 e. The Morgan fingerprint density at radius 2 is 1.86 bits per heavy atom. The van der Waals surface area contributed by atoms with E-state index in [0.29, 0.717) is 22.6 Å². The number of halogens is 1. The average molecular weight is 395 g/mol. The first-order valence-corrected chi connectivity index (χ1v) is 9.21. The molecule has 3 aromatic rings. The summed E-state index contributed by atoms with van der Waals surface area (Å²) in [4.78, 5) is 41.5. The number of hydrogen-bond donors (Lipinski definition) is 2. The second-order valence-electron chi connectivity index (χ2n) is 7.10. The van der Waals surface area contributed by atoms with Crippen molar-refractivity contribution in [2.45, 2.75) is 17.2 Å². The summed E-state index contributed by atoms with van der Waals surface area (Å²) in [5, 5.41) is 4.36. The van der Waals surface area contributed by atoms with Gasteiger partial charge < -0.3 is 9.88 Å². The highest BCUT2D eigenvalue weighted by atomic mass is 35.5. The van der Waals surface area contributed by atoms with Crippen LogP contribution in [0.25, 0.3) is 11.0 Å². The van der Waals surface area contributed by atoms with Gasteiger partial charge in [-0.3, -0.25) is 19.7 Å². The van der Waals surface area contributed by atoms with Crippen molar-refractivity contribution >= 4 is 46.0 Å². The van der Waals surface area contributed by atoms with Crippen molar-refractivity contribution in [2.75, 3.05) is 5.32 Å². The Morgan fingerprint density at radius 1 is 1.11 bits per heavy atom. The predicted molar refractivity (Wildman–Crippen MR) is 103 cm³/mol. The smallest absolute Gasteiger partial charge is 0.247 e. The van der Waals surface area contributed by atoms with Crippen LogP contribution in [0.3, 0.4) is 0 Å². The minimum atomic E-state index is -1.52. The maximum Gasteiger partial charge on any atom is 0.247 e. The molecule has 2 aliphatic rings. The first-order chi connectivity index (χ1) is 13.4. The zero-order valence-electron chi connectivity index (χ0n) is 14.8. The highest BCUT2D eigenvalue weighted by molar-refractivity contribution is 6.28. The number of carbonyl (C=O) groups excluding carboxylic acids is 3. The van der Waals surface area contributed by atoms with Gasteiger partial charge >= 0.3 is 0 Å². The third-order valence-electron chi connectivity index (χ3n) is 5.55. The van der Waals surface area contributed by atoms with Gasteiger partial charge in [-0.1, -0.05) is 24.3 Å². The zero-order valence-corrected chi connectivity index (χ0v) is 15.6. The van der Waals surface area contributed by atoms with Crippen molar-refractivity contribution in [3.63, 3.8) is 0 Å². The number of anilines is 1. The number of alkyl halides is 1. The second-order valence-corrected chi connectivity index (χ2v) is 7.54. The third kappa shape index (κ3) is 2.10. The van der Waals surface area contributed by atoms with Crippen LogP contribution in [0.1, 0.15) is 28.7 Å². The molecule has 0 radical (unpaired) electrons. The number of rotatable bonds is 2. The van der Waals surface area contributed by atoms with E-state index < -0.39 is 28.5 Å². The van der Waals surface area contributed by atoms with Gasteiger partial charge in [-0.2, -0.15) is 0 Å². The van der Waals surface area contributed by atoms with Crippen molar-refractivity contribution < 1.29 is 14.4 Å². The summed E-state index contributed by atoms with van der Waals surface area (Å²) in [6, 6.07) is 13.0. The van der Waals surface area contributed by atoms with Crippen LogP contribution in [0.4, 0.5) is 5.69 Å². The average Bonchev–Trinajstić information content (AvgIpc) is 3.28. The molecule has 3 heterocycles. The van der Waals surface area contributed by atoms with Gasteiger partial charge in [0.25, 0.3) is 0 Å². The van der Waals surface area contributed by atoms with Crippen molar-refractivity contribution in [3.05, 3.63) is 59.4 Å². The fourth-order valence-corrected chi connectivity index (χ4v) is 4.40. The van der Waals surface area contributed by atoms with E-state index in [4.69, 9.17) is 11.6 Å². The molecule has 2 atom stereocenters. The first-order valence-electron chi connectivity index (χ1n) is 8.77. The van der Waals surface area contributed by atoms with Gasteiger partial charge in [0.05, 0.1) is 17.5 Å². The monoisotopic (exact) mass is 394 g/mol. The molecule has 2 aromatic carbocycles. The number of benzene rings is 2. The van der Waals surface area contributed by atoms with E-state index in [1.54, 1.807) is 18.2 Å². The number of imide groups is 1. The van der Waals surface area contributed by atoms with E-state index in [2.05, 4.69) is 15.6 Å². The summed E-state index contributed by atoms with van der Waals surface area (Å²) < 4.78 is 1.92. The molecule has 140 valence electrons. The molecule has 8 heteroatoms. The van der Waals surface area contributed by atoms with Crippen molar-refractivity contribution in [2.24, 2.45) is 7.05 Å². The summed E-state index contributed by atoms with van der Waals surface area (Å²) in [6.07, 6.45) is -0.201. The molecule has 2 unspecified atom stereocenters. The van der Waals surface area contributed by atoms with Crippen molar-refractivity contribution in [1.82, 2.24) is 14.9 Å².